The van der Waals surface area contributed by atoms with Gasteiger partial charge in [0.05, 0.1) is 0 Å². The molecule has 0 aliphatic heterocycles. The van der Waals surface area contributed by atoms with Gasteiger partial charge in [-0.1, -0.05) is 19.8 Å². The van der Waals surface area contributed by atoms with Gasteiger partial charge in [-0.05, 0) is 52.4 Å². The van der Waals surface area contributed by atoms with Crippen molar-refractivity contribution in [3.8, 4) is 0 Å². The molecule has 0 heterocycles. The van der Waals surface area contributed by atoms with E-state index >= 15 is 0 Å². The number of hydrogen-bond donors (Lipinski definition) is 1. The molecule has 17 heavy (non-hydrogen) atoms. The van der Waals surface area contributed by atoms with E-state index in [-0.39, 0.29) is 0 Å². The summed E-state index contributed by atoms with van der Waals surface area (Å²) in [5, 5.41) is 0. The van der Waals surface area contributed by atoms with E-state index in [1.165, 1.54) is 25.7 Å². The lowest BCUT2D eigenvalue weighted by molar-refractivity contribution is 0.0962. The average molecular weight is 241 g/mol. The fourth-order valence-corrected chi connectivity index (χ4v) is 3.00. The van der Waals surface area contributed by atoms with Crippen molar-refractivity contribution in [3.63, 3.8) is 0 Å². The summed E-state index contributed by atoms with van der Waals surface area (Å²) >= 11 is 0. The Hall–Kier alpha value is -0.120. The molecule has 1 aliphatic rings. The molecule has 102 valence electrons. The molecule has 1 rings (SSSR count). The van der Waals surface area contributed by atoms with Crippen LogP contribution < -0.4 is 5.73 Å². The van der Waals surface area contributed by atoms with Crippen LogP contribution in [0.1, 0.15) is 32.6 Å². The van der Waals surface area contributed by atoms with Gasteiger partial charge >= 0.3 is 0 Å². The molecule has 3 unspecified atom stereocenters. The first-order valence-electron chi connectivity index (χ1n) is 7.13. The van der Waals surface area contributed by atoms with E-state index in [0.717, 1.165) is 25.6 Å². The summed E-state index contributed by atoms with van der Waals surface area (Å²) in [6.07, 6.45) is 5.39. The lowest BCUT2D eigenvalue weighted by atomic mass is 9.76. The monoisotopic (exact) mass is 241 g/mol. The van der Waals surface area contributed by atoms with Crippen LogP contribution in [0.2, 0.25) is 0 Å². The first kappa shape index (κ1) is 14.9. The van der Waals surface area contributed by atoms with Gasteiger partial charge in [-0.15, -0.1) is 0 Å². The van der Waals surface area contributed by atoms with Gasteiger partial charge in [0.25, 0.3) is 0 Å². The first-order valence-corrected chi connectivity index (χ1v) is 7.13. The van der Waals surface area contributed by atoms with Crippen LogP contribution in [0.15, 0.2) is 0 Å². The van der Waals surface area contributed by atoms with Crippen molar-refractivity contribution in [2.45, 2.75) is 38.6 Å². The summed E-state index contributed by atoms with van der Waals surface area (Å²) in [6.45, 7) is 5.48. The maximum Gasteiger partial charge on any atom is 0.0136 e. The van der Waals surface area contributed by atoms with Crippen LogP contribution in [0, 0.1) is 11.8 Å². The highest BCUT2D eigenvalue weighted by atomic mass is 15.2. The first-order chi connectivity index (χ1) is 8.08. The molecule has 0 aromatic carbocycles. The number of nitrogens with zero attached hydrogens (tertiary/aromatic N) is 2. The molecule has 1 fully saturated rings. The van der Waals surface area contributed by atoms with Crippen LogP contribution in [-0.2, 0) is 0 Å². The number of likely N-dealkylation sites (N-methyl/N-ethyl adjacent to an activating group) is 2. The maximum atomic E-state index is 5.94. The van der Waals surface area contributed by atoms with Crippen LogP contribution >= 0.6 is 0 Å². The molecule has 3 heteroatoms. The molecular formula is C14H31N3. The standard InChI is InChI=1S/C14H31N3/c1-5-12-6-7-13(11-15)14(10-12)17(4)9-8-16(2)3/h12-14H,5-11,15H2,1-4H3. The zero-order valence-corrected chi connectivity index (χ0v) is 12.2. The molecule has 0 aromatic rings. The summed E-state index contributed by atoms with van der Waals surface area (Å²) in [5.74, 6) is 1.63. The zero-order chi connectivity index (χ0) is 12.8. The van der Waals surface area contributed by atoms with E-state index in [0.29, 0.717) is 12.0 Å². The molecule has 2 N–H and O–H groups in total. The van der Waals surface area contributed by atoms with E-state index in [1.54, 1.807) is 0 Å². The Bertz CT molecular complexity index is 206. The fourth-order valence-electron chi connectivity index (χ4n) is 3.00. The summed E-state index contributed by atoms with van der Waals surface area (Å²) in [4.78, 5) is 4.80. The van der Waals surface area contributed by atoms with Crippen LogP contribution in [0.4, 0.5) is 0 Å². The molecule has 0 spiro atoms. The second kappa shape index (κ2) is 7.34. The molecule has 1 saturated carbocycles. The SMILES string of the molecule is CCC1CCC(CN)C(N(C)CCN(C)C)C1. The van der Waals surface area contributed by atoms with Crippen molar-refractivity contribution in [1.29, 1.82) is 0 Å². The lowest BCUT2D eigenvalue weighted by Gasteiger charge is -2.41. The predicted molar refractivity (Wildman–Crippen MR) is 75.1 cm³/mol. The Morgan fingerprint density at radius 1 is 1.12 bits per heavy atom. The molecule has 0 saturated heterocycles. The van der Waals surface area contributed by atoms with E-state index in [4.69, 9.17) is 5.73 Å². The van der Waals surface area contributed by atoms with E-state index in [1.807, 2.05) is 0 Å². The third-order valence-corrected chi connectivity index (χ3v) is 4.41. The highest BCUT2D eigenvalue weighted by Crippen LogP contribution is 2.32. The van der Waals surface area contributed by atoms with Crippen molar-refractivity contribution in [2.75, 3.05) is 40.8 Å². The molecule has 1 aliphatic carbocycles. The molecular weight excluding hydrogens is 210 g/mol. The highest BCUT2D eigenvalue weighted by Gasteiger charge is 2.31. The predicted octanol–water partition coefficient (Wildman–Crippen LogP) is 1.63. The Kier molecular flexibility index (Phi) is 6.45. The second-order valence-corrected chi connectivity index (χ2v) is 5.93. The van der Waals surface area contributed by atoms with Crippen molar-refractivity contribution < 1.29 is 0 Å². The van der Waals surface area contributed by atoms with Gasteiger partial charge in [-0.2, -0.15) is 0 Å². The Labute approximate surface area is 107 Å². The summed E-state index contributed by atoms with van der Waals surface area (Å²) in [7, 11) is 6.56. The summed E-state index contributed by atoms with van der Waals surface area (Å²) in [5.41, 5.74) is 5.94. The number of nitrogens with two attached hydrogens (primary N) is 1. The van der Waals surface area contributed by atoms with Gasteiger partial charge in [0.2, 0.25) is 0 Å². The van der Waals surface area contributed by atoms with Crippen LogP contribution in [0.3, 0.4) is 0 Å². The third kappa shape index (κ3) is 4.57. The molecule has 3 nitrogen and oxygen atoms in total. The second-order valence-electron chi connectivity index (χ2n) is 5.93. The number of hydrogen-bond acceptors (Lipinski definition) is 3. The maximum absolute atomic E-state index is 5.94. The van der Waals surface area contributed by atoms with Crippen LogP contribution in [0.5, 0.6) is 0 Å². The minimum atomic E-state index is 0.707. The lowest BCUT2D eigenvalue weighted by Crippen LogP contribution is -2.46. The van der Waals surface area contributed by atoms with Crippen molar-refractivity contribution in [3.05, 3.63) is 0 Å². The topological polar surface area (TPSA) is 32.5 Å². The smallest absolute Gasteiger partial charge is 0.0136 e. The highest BCUT2D eigenvalue weighted by molar-refractivity contribution is 4.86. The van der Waals surface area contributed by atoms with E-state index < -0.39 is 0 Å². The molecule has 0 aromatic heterocycles. The van der Waals surface area contributed by atoms with Gasteiger partial charge < -0.3 is 15.5 Å². The van der Waals surface area contributed by atoms with E-state index in [9.17, 15) is 0 Å². The molecule has 0 radical (unpaired) electrons. The van der Waals surface area contributed by atoms with Crippen molar-refractivity contribution in [2.24, 2.45) is 17.6 Å². The van der Waals surface area contributed by atoms with Gasteiger partial charge in [0, 0.05) is 19.1 Å². The Morgan fingerprint density at radius 2 is 1.82 bits per heavy atom. The Balaban J connectivity index is 2.49. The number of rotatable bonds is 6. The van der Waals surface area contributed by atoms with Gasteiger partial charge in [-0.25, -0.2) is 0 Å². The largest absolute Gasteiger partial charge is 0.330 e. The van der Waals surface area contributed by atoms with Crippen molar-refractivity contribution in [1.82, 2.24) is 9.80 Å². The van der Waals surface area contributed by atoms with E-state index in [2.05, 4.69) is 37.9 Å². The minimum Gasteiger partial charge on any atom is -0.330 e. The Morgan fingerprint density at radius 3 is 2.35 bits per heavy atom. The summed E-state index contributed by atoms with van der Waals surface area (Å²) in [6, 6.07) is 0.707. The van der Waals surface area contributed by atoms with Gasteiger partial charge in [0.1, 0.15) is 0 Å². The van der Waals surface area contributed by atoms with Crippen LogP contribution in [0.25, 0.3) is 0 Å². The molecule has 3 atom stereocenters. The summed E-state index contributed by atoms with van der Waals surface area (Å²) < 4.78 is 0. The van der Waals surface area contributed by atoms with Gasteiger partial charge in [-0.3, -0.25) is 0 Å². The van der Waals surface area contributed by atoms with Crippen LogP contribution in [-0.4, -0.2) is 56.6 Å². The van der Waals surface area contributed by atoms with Crippen molar-refractivity contribution >= 4 is 0 Å². The normalized spacial score (nSPS) is 30.2. The fraction of sp³-hybridized carbons (Fsp3) is 1.00. The quantitative estimate of drug-likeness (QED) is 0.767. The molecule has 0 bridgehead atoms. The molecule has 0 amide bonds. The zero-order valence-electron chi connectivity index (χ0n) is 12.2. The third-order valence-electron chi connectivity index (χ3n) is 4.41. The minimum absolute atomic E-state index is 0.707. The average Bonchev–Trinajstić information content (AvgIpc) is 2.34. The van der Waals surface area contributed by atoms with Gasteiger partial charge in [0.15, 0.2) is 0 Å².